The average Bonchev–Trinajstić information content (AvgIpc) is 2.73. The molecule has 7 nitrogen and oxygen atoms in total. The molecule has 1 rings (SSSR count). The lowest BCUT2D eigenvalue weighted by Gasteiger charge is -2.25. The van der Waals surface area contributed by atoms with Crippen molar-refractivity contribution in [2.75, 3.05) is 39.6 Å². The molecule has 116 valence electrons. The summed E-state index contributed by atoms with van der Waals surface area (Å²) in [5.41, 5.74) is 0. The van der Waals surface area contributed by atoms with E-state index in [1.165, 1.54) is 11.8 Å². The van der Waals surface area contributed by atoms with E-state index in [9.17, 15) is 10.1 Å². The number of nitrogens with one attached hydrogen (secondary N) is 1. The maximum Gasteiger partial charge on any atom is 0.235 e. The second-order valence-corrected chi connectivity index (χ2v) is 6.18. The molecule has 0 saturated carbocycles. The fourth-order valence-electron chi connectivity index (χ4n) is 2.34. The van der Waals surface area contributed by atoms with E-state index in [4.69, 9.17) is 4.74 Å². The summed E-state index contributed by atoms with van der Waals surface area (Å²) in [5.74, 6) is 1.16. The van der Waals surface area contributed by atoms with Crippen molar-refractivity contribution in [1.82, 2.24) is 10.2 Å². The zero-order valence-electron chi connectivity index (χ0n) is 12.5. The number of nitrogens with zero attached hydrogens (tertiary/aromatic N) is 3. The van der Waals surface area contributed by atoms with Gasteiger partial charge in [-0.15, -0.1) is 0 Å². The molecule has 0 amide bonds. The van der Waals surface area contributed by atoms with Gasteiger partial charge in [0.05, 0.1) is 11.7 Å². The lowest BCUT2D eigenvalue weighted by atomic mass is 9.98. The number of amidine groups is 1. The van der Waals surface area contributed by atoms with Crippen molar-refractivity contribution in [3.8, 4) is 0 Å². The molecule has 0 aromatic carbocycles. The Balaban J connectivity index is 2.37. The van der Waals surface area contributed by atoms with Crippen LogP contribution in [0.15, 0.2) is 5.10 Å². The quantitative estimate of drug-likeness (QED) is 0.342. The molecular weight excluding hydrogens is 280 g/mol. The van der Waals surface area contributed by atoms with Crippen molar-refractivity contribution in [1.29, 1.82) is 0 Å². The number of hydrogen-bond donors (Lipinski definition) is 1. The molecule has 0 spiro atoms. The summed E-state index contributed by atoms with van der Waals surface area (Å²) >= 11 is 1.25. The molecular formula is C12H24N4O3S. The highest BCUT2D eigenvalue weighted by Crippen LogP contribution is 2.20. The number of hydrazone groups is 1. The van der Waals surface area contributed by atoms with Crippen LogP contribution in [0.25, 0.3) is 0 Å². The largest absolute Gasteiger partial charge is 0.381 e. The fraction of sp³-hybridized carbons (Fsp3) is 0.917. The predicted octanol–water partition coefficient (Wildman–Crippen LogP) is 1.09. The maximum absolute atomic E-state index is 10.4. The molecule has 0 aromatic heterocycles. The van der Waals surface area contributed by atoms with Gasteiger partial charge in [0.15, 0.2) is 5.03 Å². The molecule has 0 aromatic rings. The molecule has 1 aliphatic rings. The molecule has 0 aliphatic carbocycles. The highest BCUT2D eigenvalue weighted by atomic mass is 32.2. The third-order valence-electron chi connectivity index (χ3n) is 3.38. The fourth-order valence-corrected chi connectivity index (χ4v) is 2.81. The summed E-state index contributed by atoms with van der Waals surface area (Å²) in [7, 11) is 2.06. The van der Waals surface area contributed by atoms with E-state index in [0.29, 0.717) is 17.0 Å². The van der Waals surface area contributed by atoms with Gasteiger partial charge in [-0.25, -0.2) is 10.1 Å². The lowest BCUT2D eigenvalue weighted by Crippen LogP contribution is -2.42. The summed E-state index contributed by atoms with van der Waals surface area (Å²) in [6, 6.07) is 0.101. The number of rotatable bonds is 6. The highest BCUT2D eigenvalue weighted by molar-refractivity contribution is 8.13. The lowest BCUT2D eigenvalue weighted by molar-refractivity contribution is -0.484. The van der Waals surface area contributed by atoms with Crippen molar-refractivity contribution in [3.63, 3.8) is 0 Å². The molecule has 8 heteroatoms. The number of nitro groups is 1. The van der Waals surface area contributed by atoms with Crippen LogP contribution in [0.1, 0.15) is 13.8 Å². The summed E-state index contributed by atoms with van der Waals surface area (Å²) in [4.78, 5) is 12.6. The maximum atomic E-state index is 10.4. The van der Waals surface area contributed by atoms with Gasteiger partial charge in [0, 0.05) is 25.7 Å². The average molecular weight is 304 g/mol. The van der Waals surface area contributed by atoms with Crippen LogP contribution in [0.5, 0.6) is 0 Å². The van der Waals surface area contributed by atoms with Gasteiger partial charge in [0.2, 0.25) is 5.17 Å². The molecule has 0 bridgehead atoms. The van der Waals surface area contributed by atoms with Crippen LogP contribution in [0.4, 0.5) is 0 Å². The first kappa shape index (κ1) is 17.2. The summed E-state index contributed by atoms with van der Waals surface area (Å²) in [5, 5.41) is 16.4. The Morgan fingerprint density at radius 3 is 2.85 bits per heavy atom. The SMILES string of the molecule is CSC(=N[N+](=O)[O-])NC(C)CN(C)CC1COCC1C. The van der Waals surface area contributed by atoms with Crippen molar-refractivity contribution in [2.24, 2.45) is 16.9 Å². The number of thioether (sulfide) groups is 1. The van der Waals surface area contributed by atoms with Crippen LogP contribution in [0.3, 0.4) is 0 Å². The minimum absolute atomic E-state index is 0.101. The van der Waals surface area contributed by atoms with Crippen molar-refractivity contribution >= 4 is 16.9 Å². The van der Waals surface area contributed by atoms with Gasteiger partial charge in [0.25, 0.3) is 0 Å². The van der Waals surface area contributed by atoms with Gasteiger partial charge in [-0.3, -0.25) is 0 Å². The van der Waals surface area contributed by atoms with E-state index in [-0.39, 0.29) is 6.04 Å². The van der Waals surface area contributed by atoms with E-state index in [1.54, 1.807) is 6.26 Å². The third kappa shape index (κ3) is 6.06. The molecule has 1 fully saturated rings. The first-order chi connectivity index (χ1) is 9.42. The molecule has 20 heavy (non-hydrogen) atoms. The molecule has 3 atom stereocenters. The Bertz CT molecular complexity index is 354. The van der Waals surface area contributed by atoms with E-state index >= 15 is 0 Å². The van der Waals surface area contributed by atoms with Crippen LogP contribution >= 0.6 is 11.8 Å². The van der Waals surface area contributed by atoms with Crippen LogP contribution in [0, 0.1) is 22.0 Å². The van der Waals surface area contributed by atoms with Gasteiger partial charge in [-0.2, -0.15) is 0 Å². The van der Waals surface area contributed by atoms with Gasteiger partial charge < -0.3 is 15.0 Å². The monoisotopic (exact) mass is 304 g/mol. The van der Waals surface area contributed by atoms with Gasteiger partial charge in [0.1, 0.15) is 0 Å². The van der Waals surface area contributed by atoms with E-state index in [2.05, 4.69) is 29.3 Å². The number of likely N-dealkylation sites (N-methyl/N-ethyl adjacent to an activating group) is 1. The zero-order valence-corrected chi connectivity index (χ0v) is 13.4. The van der Waals surface area contributed by atoms with Crippen LogP contribution in [-0.4, -0.2) is 60.7 Å². The molecule has 1 saturated heterocycles. The van der Waals surface area contributed by atoms with Crippen molar-refractivity contribution in [3.05, 3.63) is 10.1 Å². The Hall–Kier alpha value is -0.860. The Morgan fingerprint density at radius 1 is 1.65 bits per heavy atom. The normalized spacial score (nSPS) is 24.9. The summed E-state index contributed by atoms with van der Waals surface area (Å²) < 4.78 is 5.46. The van der Waals surface area contributed by atoms with Crippen LogP contribution in [0.2, 0.25) is 0 Å². The minimum atomic E-state index is -0.674. The summed E-state index contributed by atoms with van der Waals surface area (Å²) in [6.45, 7) is 7.67. The van der Waals surface area contributed by atoms with Crippen molar-refractivity contribution in [2.45, 2.75) is 19.9 Å². The van der Waals surface area contributed by atoms with Gasteiger partial charge in [-0.05, 0) is 32.1 Å². The number of ether oxygens (including phenoxy) is 1. The smallest absolute Gasteiger partial charge is 0.235 e. The molecule has 1 N–H and O–H groups in total. The van der Waals surface area contributed by atoms with Gasteiger partial charge >= 0.3 is 0 Å². The predicted molar refractivity (Wildman–Crippen MR) is 81.5 cm³/mol. The second-order valence-electron chi connectivity index (χ2n) is 5.39. The minimum Gasteiger partial charge on any atom is -0.381 e. The first-order valence-corrected chi connectivity index (χ1v) is 7.94. The zero-order chi connectivity index (χ0) is 15.1. The van der Waals surface area contributed by atoms with E-state index in [1.807, 2.05) is 6.92 Å². The standard InChI is InChI=1S/C12H24N4O3S/c1-9-7-19-8-11(9)6-15(3)5-10(2)13-12(20-4)14-16(17)18/h9-11H,5-8H2,1-4H3,(H,13,14). The topological polar surface area (TPSA) is 80.0 Å². The first-order valence-electron chi connectivity index (χ1n) is 6.72. The Kier molecular flexibility index (Phi) is 7.25. The molecule has 3 unspecified atom stereocenters. The Morgan fingerprint density at radius 2 is 2.35 bits per heavy atom. The van der Waals surface area contributed by atoms with E-state index in [0.717, 1.165) is 26.3 Å². The second kappa shape index (κ2) is 8.43. The molecule has 1 heterocycles. The van der Waals surface area contributed by atoms with E-state index < -0.39 is 5.03 Å². The third-order valence-corrected chi connectivity index (χ3v) is 3.97. The molecule has 0 radical (unpaired) electrons. The Labute approximate surface area is 124 Å². The van der Waals surface area contributed by atoms with Crippen LogP contribution in [-0.2, 0) is 4.74 Å². The highest BCUT2D eigenvalue weighted by Gasteiger charge is 2.25. The van der Waals surface area contributed by atoms with Gasteiger partial charge in [-0.1, -0.05) is 18.7 Å². The number of hydrogen-bond acceptors (Lipinski definition) is 5. The summed E-state index contributed by atoms with van der Waals surface area (Å²) in [6.07, 6.45) is 1.77. The van der Waals surface area contributed by atoms with Crippen LogP contribution < -0.4 is 5.32 Å². The van der Waals surface area contributed by atoms with Crippen molar-refractivity contribution < 1.29 is 9.77 Å². The molecule has 1 aliphatic heterocycles.